The molecule has 0 spiro atoms. The molecule has 2 aromatic heterocycles. The van der Waals surface area contributed by atoms with Crippen LogP contribution in [-0.4, -0.2) is 94.5 Å². The maximum Gasteiger partial charge on any atom is 0.319 e. The lowest BCUT2D eigenvalue weighted by Crippen LogP contribution is -2.51. The fraction of sp³-hybridized carbons (Fsp3) is 0.425. The van der Waals surface area contributed by atoms with Crippen LogP contribution in [0.2, 0.25) is 5.02 Å². The maximum absolute atomic E-state index is 13.6. The number of likely N-dealkylation sites (tertiary alicyclic amines) is 2. The molecule has 4 aromatic rings. The van der Waals surface area contributed by atoms with Gasteiger partial charge in [0.15, 0.2) is 0 Å². The molecule has 2 aromatic carbocycles. The number of imide groups is 1. The van der Waals surface area contributed by atoms with E-state index >= 15 is 0 Å². The highest BCUT2D eigenvalue weighted by Crippen LogP contribution is 2.37. The molecule has 0 bridgehead atoms. The van der Waals surface area contributed by atoms with Crippen molar-refractivity contribution in [3.8, 4) is 16.9 Å². The molecule has 0 aliphatic carbocycles. The van der Waals surface area contributed by atoms with Crippen molar-refractivity contribution in [2.45, 2.75) is 63.1 Å². The Morgan fingerprint density at radius 3 is 2.43 bits per heavy atom. The number of hydrogen-bond donors (Lipinski definition) is 2. The summed E-state index contributed by atoms with van der Waals surface area (Å²) >= 11 is 6.94. The van der Waals surface area contributed by atoms with Crippen LogP contribution in [0.5, 0.6) is 5.75 Å². The minimum absolute atomic E-state index is 0.0905. The lowest BCUT2D eigenvalue weighted by molar-refractivity contribution is -0.133. The number of carbonyl (C=O) groups is 3. The van der Waals surface area contributed by atoms with Crippen LogP contribution in [-0.2, 0) is 23.2 Å². The van der Waals surface area contributed by atoms with Gasteiger partial charge in [0.2, 0.25) is 11.8 Å². The standard InChI is InChI=1S/C40H46ClN7O5/c1-45-23-32(30-10-15-42-22-31(30)39(45)51)27-20-34(41)33(36(21-27)53-3)24-47-16-13-29(14-17-47)46(2)40(52)48-18-11-26(12-19-48)25-4-6-28(7-5-25)43-35-8-9-37(49)44-38(35)50/h4-7,10,15,20-23,26,29,35,43H,8-9,11-14,16-19,24H2,1-3H3,(H,44,49,50). The first-order valence-corrected chi connectivity index (χ1v) is 18.7. The smallest absolute Gasteiger partial charge is 0.319 e. The number of ether oxygens (including phenoxy) is 1. The molecule has 278 valence electrons. The molecule has 2 N–H and O–H groups in total. The molecule has 3 aliphatic heterocycles. The number of methoxy groups -OCH3 is 1. The molecule has 5 heterocycles. The van der Waals surface area contributed by atoms with E-state index in [2.05, 4.69) is 32.7 Å². The molecule has 4 amide bonds. The number of nitrogens with one attached hydrogen (secondary N) is 2. The normalized spacial score (nSPS) is 18.9. The summed E-state index contributed by atoms with van der Waals surface area (Å²) in [6, 6.07) is 13.8. The zero-order valence-electron chi connectivity index (χ0n) is 30.4. The number of nitrogens with zero attached hydrogens (tertiary/aromatic N) is 5. The highest BCUT2D eigenvalue weighted by atomic mass is 35.5. The Labute approximate surface area is 314 Å². The molecular weight excluding hydrogens is 694 g/mol. The van der Waals surface area contributed by atoms with Gasteiger partial charge in [-0.1, -0.05) is 23.7 Å². The lowest BCUT2D eigenvalue weighted by Gasteiger charge is -2.40. The van der Waals surface area contributed by atoms with Crippen molar-refractivity contribution < 1.29 is 19.1 Å². The first-order valence-electron chi connectivity index (χ1n) is 18.3. The fourth-order valence-electron chi connectivity index (χ4n) is 8.00. The molecule has 0 saturated carbocycles. The third-order valence-electron chi connectivity index (χ3n) is 11.2. The van der Waals surface area contributed by atoms with Crippen LogP contribution in [0.1, 0.15) is 55.6 Å². The molecule has 1 unspecified atom stereocenters. The van der Waals surface area contributed by atoms with Gasteiger partial charge in [-0.3, -0.25) is 29.6 Å². The van der Waals surface area contributed by atoms with Crippen LogP contribution in [0.3, 0.4) is 0 Å². The van der Waals surface area contributed by atoms with Gasteiger partial charge in [0.25, 0.3) is 5.56 Å². The van der Waals surface area contributed by atoms with Gasteiger partial charge in [-0.15, -0.1) is 0 Å². The molecule has 12 nitrogen and oxygen atoms in total. The van der Waals surface area contributed by atoms with Crippen molar-refractivity contribution in [1.29, 1.82) is 0 Å². The van der Waals surface area contributed by atoms with E-state index in [1.807, 2.05) is 53.4 Å². The highest BCUT2D eigenvalue weighted by molar-refractivity contribution is 6.32. The quantitative estimate of drug-likeness (QED) is 0.231. The number of aromatic nitrogens is 2. The Kier molecular flexibility index (Phi) is 10.7. The molecule has 0 radical (unpaired) electrons. The molecule has 7 rings (SSSR count). The van der Waals surface area contributed by atoms with Crippen LogP contribution in [0.15, 0.2) is 65.8 Å². The van der Waals surface area contributed by atoms with Gasteiger partial charge in [-0.05, 0) is 84.9 Å². The molecule has 3 aliphatic rings. The second-order valence-corrected chi connectivity index (χ2v) is 14.9. The molecular formula is C40H46ClN7O5. The summed E-state index contributed by atoms with van der Waals surface area (Å²) in [4.78, 5) is 60.3. The summed E-state index contributed by atoms with van der Waals surface area (Å²) in [5.41, 5.74) is 4.64. The third-order valence-corrected chi connectivity index (χ3v) is 11.5. The number of pyridine rings is 2. The van der Waals surface area contributed by atoms with Crippen molar-refractivity contribution in [2.75, 3.05) is 45.7 Å². The summed E-state index contributed by atoms with van der Waals surface area (Å²) in [6.07, 6.45) is 9.47. The Balaban J connectivity index is 0.912. The summed E-state index contributed by atoms with van der Waals surface area (Å²) in [5, 5.41) is 7.59. The number of piperidine rings is 3. The van der Waals surface area contributed by atoms with Crippen molar-refractivity contribution >= 4 is 45.9 Å². The minimum Gasteiger partial charge on any atom is -0.496 e. The second-order valence-electron chi connectivity index (χ2n) is 14.5. The predicted octanol–water partition coefficient (Wildman–Crippen LogP) is 5.38. The van der Waals surface area contributed by atoms with E-state index in [9.17, 15) is 19.2 Å². The van der Waals surface area contributed by atoms with Gasteiger partial charge in [0, 0.05) is 99.7 Å². The van der Waals surface area contributed by atoms with Crippen LogP contribution < -0.4 is 20.9 Å². The number of benzene rings is 2. The second kappa shape index (κ2) is 15.6. The number of urea groups is 1. The van der Waals surface area contributed by atoms with Crippen molar-refractivity contribution in [3.63, 3.8) is 0 Å². The van der Waals surface area contributed by atoms with Crippen molar-refractivity contribution in [2.24, 2.45) is 7.05 Å². The lowest BCUT2D eigenvalue weighted by atomic mass is 9.89. The number of anilines is 1. The van der Waals surface area contributed by atoms with Gasteiger partial charge < -0.3 is 24.4 Å². The Morgan fingerprint density at radius 1 is 1.00 bits per heavy atom. The highest BCUT2D eigenvalue weighted by Gasteiger charge is 2.32. The Hall–Kier alpha value is -4.94. The van der Waals surface area contributed by atoms with E-state index in [4.69, 9.17) is 16.3 Å². The van der Waals surface area contributed by atoms with Gasteiger partial charge in [0.1, 0.15) is 11.8 Å². The van der Waals surface area contributed by atoms with E-state index in [1.54, 1.807) is 31.1 Å². The zero-order chi connectivity index (χ0) is 37.2. The topological polar surface area (TPSA) is 129 Å². The predicted molar refractivity (Wildman–Crippen MR) is 205 cm³/mol. The minimum atomic E-state index is -0.405. The number of rotatable bonds is 8. The van der Waals surface area contributed by atoms with E-state index in [0.29, 0.717) is 54.6 Å². The number of hydrogen-bond acceptors (Lipinski definition) is 8. The SMILES string of the molecule is COc1cc(-c2cn(C)c(=O)c3cnccc23)cc(Cl)c1CN1CCC(N(C)C(=O)N2CCC(c3ccc(NC4CCC(=O)NC4=O)cc3)CC2)CC1. The number of carbonyl (C=O) groups excluding carboxylic acids is 3. The van der Waals surface area contributed by atoms with Crippen molar-refractivity contribution in [1.82, 2.24) is 29.6 Å². The van der Waals surface area contributed by atoms with Crippen LogP contribution in [0.25, 0.3) is 21.9 Å². The van der Waals surface area contributed by atoms with Gasteiger partial charge in [-0.25, -0.2) is 4.79 Å². The van der Waals surface area contributed by atoms with Gasteiger partial charge >= 0.3 is 6.03 Å². The average molecular weight is 740 g/mol. The number of halogens is 1. The largest absolute Gasteiger partial charge is 0.496 e. The van der Waals surface area contributed by atoms with Crippen LogP contribution in [0, 0.1) is 0 Å². The monoisotopic (exact) mass is 739 g/mol. The summed E-state index contributed by atoms with van der Waals surface area (Å²) in [7, 11) is 5.31. The first kappa shape index (κ1) is 36.4. The molecule has 3 saturated heterocycles. The fourth-order valence-corrected chi connectivity index (χ4v) is 8.27. The maximum atomic E-state index is 13.6. The number of aryl methyl sites for hydroxylation is 1. The van der Waals surface area contributed by atoms with E-state index in [1.165, 1.54) is 5.56 Å². The molecule has 13 heteroatoms. The number of amides is 4. The van der Waals surface area contributed by atoms with Crippen molar-refractivity contribution in [3.05, 3.63) is 87.6 Å². The van der Waals surface area contributed by atoms with Crippen LogP contribution >= 0.6 is 11.6 Å². The van der Waals surface area contributed by atoms with Crippen LogP contribution in [0.4, 0.5) is 10.5 Å². The van der Waals surface area contributed by atoms with Gasteiger partial charge in [-0.2, -0.15) is 0 Å². The molecule has 1 atom stereocenters. The summed E-state index contributed by atoms with van der Waals surface area (Å²) in [6.45, 7) is 3.72. The summed E-state index contributed by atoms with van der Waals surface area (Å²) < 4.78 is 7.42. The van der Waals surface area contributed by atoms with Gasteiger partial charge in [0.05, 0.1) is 12.5 Å². The Bertz CT molecular complexity index is 2070. The summed E-state index contributed by atoms with van der Waals surface area (Å²) in [5.74, 6) is 0.562. The Morgan fingerprint density at radius 2 is 1.74 bits per heavy atom. The van der Waals surface area contributed by atoms with E-state index < -0.39 is 6.04 Å². The van der Waals surface area contributed by atoms with E-state index in [-0.39, 0.29) is 29.4 Å². The average Bonchev–Trinajstić information content (AvgIpc) is 3.18. The first-order chi connectivity index (χ1) is 25.6. The van der Waals surface area contributed by atoms with E-state index in [0.717, 1.165) is 66.5 Å². The molecule has 53 heavy (non-hydrogen) atoms. The number of fused-ring (bicyclic) bond motifs is 1. The third kappa shape index (κ3) is 7.75. The zero-order valence-corrected chi connectivity index (χ0v) is 31.2. The molecule has 3 fully saturated rings.